The van der Waals surface area contributed by atoms with Gasteiger partial charge >= 0.3 is 0 Å². The Morgan fingerprint density at radius 3 is 2.21 bits per heavy atom. The Bertz CT molecular complexity index is 271. The fourth-order valence-electron chi connectivity index (χ4n) is 1.55. The van der Waals surface area contributed by atoms with E-state index in [1.807, 2.05) is 7.05 Å². The summed E-state index contributed by atoms with van der Waals surface area (Å²) in [7, 11) is -0.809. The van der Waals surface area contributed by atoms with Crippen LogP contribution in [0.1, 0.15) is 13.8 Å². The highest BCUT2D eigenvalue weighted by Gasteiger charge is 2.25. The minimum atomic E-state index is -2.74. The van der Waals surface area contributed by atoms with Crippen LogP contribution in [0.5, 0.6) is 0 Å². The van der Waals surface area contributed by atoms with Gasteiger partial charge in [0, 0.05) is 25.2 Å². The monoisotopic (exact) mass is 220 g/mol. The van der Waals surface area contributed by atoms with Gasteiger partial charge in [0.25, 0.3) is 0 Å². The van der Waals surface area contributed by atoms with Crippen LogP contribution in [0.3, 0.4) is 0 Å². The van der Waals surface area contributed by atoms with E-state index in [9.17, 15) is 8.42 Å². The van der Waals surface area contributed by atoms with Crippen molar-refractivity contribution >= 4 is 9.84 Å². The van der Waals surface area contributed by atoms with Gasteiger partial charge in [0.15, 0.2) is 9.84 Å². The lowest BCUT2D eigenvalue weighted by atomic mass is 10.1. The SMILES string of the molecule is CNC(C)(C)CN1CCS(=O)(=O)CC1. The van der Waals surface area contributed by atoms with Crippen molar-refractivity contribution in [1.82, 2.24) is 10.2 Å². The molecule has 84 valence electrons. The van der Waals surface area contributed by atoms with Crippen molar-refractivity contribution in [2.24, 2.45) is 0 Å². The van der Waals surface area contributed by atoms with Gasteiger partial charge in [0.1, 0.15) is 0 Å². The smallest absolute Gasteiger partial charge is 0.152 e. The molecule has 4 nitrogen and oxygen atoms in total. The molecule has 14 heavy (non-hydrogen) atoms. The summed E-state index contributed by atoms with van der Waals surface area (Å²) in [6, 6.07) is 0. The zero-order valence-electron chi connectivity index (χ0n) is 9.21. The molecule has 1 aliphatic heterocycles. The van der Waals surface area contributed by atoms with E-state index in [0.717, 1.165) is 6.54 Å². The molecule has 5 heteroatoms. The predicted molar refractivity (Wildman–Crippen MR) is 58.2 cm³/mol. The molecule has 1 N–H and O–H groups in total. The van der Waals surface area contributed by atoms with Crippen LogP contribution in [-0.2, 0) is 9.84 Å². The molecule has 1 aliphatic rings. The molecule has 0 saturated carbocycles. The summed E-state index contributed by atoms with van der Waals surface area (Å²) in [6.07, 6.45) is 0. The van der Waals surface area contributed by atoms with Crippen LogP contribution in [0.25, 0.3) is 0 Å². The number of likely N-dealkylation sites (N-methyl/N-ethyl adjacent to an activating group) is 1. The second-order valence-electron chi connectivity index (χ2n) is 4.56. The first-order chi connectivity index (χ1) is 6.35. The third-order valence-corrected chi connectivity index (χ3v) is 4.34. The first-order valence-corrected chi connectivity index (χ1v) is 6.78. The molecule has 0 aromatic carbocycles. The highest BCUT2D eigenvalue weighted by atomic mass is 32.2. The van der Waals surface area contributed by atoms with Crippen molar-refractivity contribution in [1.29, 1.82) is 0 Å². The summed E-state index contributed by atoms with van der Waals surface area (Å²) in [5.74, 6) is 0.625. The van der Waals surface area contributed by atoms with Gasteiger partial charge in [0.2, 0.25) is 0 Å². The standard InChI is InChI=1S/C9H20N2O2S/c1-9(2,10-3)8-11-4-6-14(12,13)7-5-11/h10H,4-8H2,1-3H3. The van der Waals surface area contributed by atoms with E-state index in [1.54, 1.807) is 0 Å². The van der Waals surface area contributed by atoms with E-state index >= 15 is 0 Å². The first kappa shape index (κ1) is 11.9. The van der Waals surface area contributed by atoms with Gasteiger partial charge in [-0.1, -0.05) is 0 Å². The molecular formula is C9H20N2O2S. The average molecular weight is 220 g/mol. The van der Waals surface area contributed by atoms with Gasteiger partial charge in [-0.25, -0.2) is 8.42 Å². The Hall–Kier alpha value is -0.130. The molecule has 0 radical (unpaired) electrons. The molecule has 0 unspecified atom stereocenters. The molecule has 0 aliphatic carbocycles. The van der Waals surface area contributed by atoms with Crippen molar-refractivity contribution < 1.29 is 8.42 Å². The Morgan fingerprint density at radius 1 is 1.29 bits per heavy atom. The summed E-state index contributed by atoms with van der Waals surface area (Å²) in [5, 5.41) is 3.22. The van der Waals surface area contributed by atoms with Crippen molar-refractivity contribution in [2.45, 2.75) is 19.4 Å². The van der Waals surface area contributed by atoms with Crippen LogP contribution >= 0.6 is 0 Å². The summed E-state index contributed by atoms with van der Waals surface area (Å²) >= 11 is 0. The zero-order chi connectivity index (χ0) is 10.8. The van der Waals surface area contributed by atoms with Gasteiger partial charge < -0.3 is 5.32 Å². The maximum atomic E-state index is 11.2. The minimum absolute atomic E-state index is 0.0566. The lowest BCUT2D eigenvalue weighted by molar-refractivity contribution is 0.220. The topological polar surface area (TPSA) is 49.4 Å². The van der Waals surface area contributed by atoms with Gasteiger partial charge in [-0.3, -0.25) is 4.90 Å². The Kier molecular flexibility index (Phi) is 3.55. The van der Waals surface area contributed by atoms with Crippen LogP contribution in [0.4, 0.5) is 0 Å². The van der Waals surface area contributed by atoms with Crippen LogP contribution in [0, 0.1) is 0 Å². The maximum Gasteiger partial charge on any atom is 0.152 e. The summed E-state index contributed by atoms with van der Waals surface area (Å²) in [5.41, 5.74) is 0.0566. The van der Waals surface area contributed by atoms with Crippen LogP contribution in [0.15, 0.2) is 0 Å². The van der Waals surface area contributed by atoms with E-state index in [1.165, 1.54) is 0 Å². The first-order valence-electron chi connectivity index (χ1n) is 4.96. The predicted octanol–water partition coefficient (Wildman–Crippen LogP) is -0.285. The van der Waals surface area contributed by atoms with Crippen molar-refractivity contribution in [2.75, 3.05) is 38.2 Å². The fourth-order valence-corrected chi connectivity index (χ4v) is 2.82. The largest absolute Gasteiger partial charge is 0.314 e. The quantitative estimate of drug-likeness (QED) is 0.710. The number of nitrogens with one attached hydrogen (secondary N) is 1. The summed E-state index contributed by atoms with van der Waals surface area (Å²) < 4.78 is 22.4. The van der Waals surface area contributed by atoms with Gasteiger partial charge in [-0.15, -0.1) is 0 Å². The molecule has 0 aromatic rings. The number of nitrogens with zero attached hydrogens (tertiary/aromatic N) is 1. The molecule has 1 fully saturated rings. The molecule has 1 rings (SSSR count). The van der Waals surface area contributed by atoms with E-state index < -0.39 is 9.84 Å². The molecule has 1 saturated heterocycles. The molecule has 0 atom stereocenters. The molecule has 0 bridgehead atoms. The number of rotatable bonds is 3. The van der Waals surface area contributed by atoms with Crippen molar-refractivity contribution in [3.8, 4) is 0 Å². The third-order valence-electron chi connectivity index (χ3n) is 2.73. The summed E-state index contributed by atoms with van der Waals surface area (Å²) in [4.78, 5) is 2.21. The molecule has 0 aromatic heterocycles. The van der Waals surface area contributed by atoms with E-state index in [2.05, 4.69) is 24.1 Å². The Morgan fingerprint density at radius 2 is 1.79 bits per heavy atom. The van der Waals surface area contributed by atoms with Gasteiger partial charge in [-0.05, 0) is 20.9 Å². The molecular weight excluding hydrogens is 200 g/mol. The number of sulfone groups is 1. The molecule has 0 amide bonds. The molecule has 1 heterocycles. The van der Waals surface area contributed by atoms with E-state index in [4.69, 9.17) is 0 Å². The van der Waals surface area contributed by atoms with Crippen molar-refractivity contribution in [3.05, 3.63) is 0 Å². The Balaban J connectivity index is 2.44. The maximum absolute atomic E-state index is 11.2. The summed E-state index contributed by atoms with van der Waals surface area (Å²) in [6.45, 7) is 6.49. The minimum Gasteiger partial charge on any atom is -0.314 e. The second kappa shape index (κ2) is 4.16. The highest BCUT2D eigenvalue weighted by Crippen LogP contribution is 2.09. The van der Waals surface area contributed by atoms with Crippen molar-refractivity contribution in [3.63, 3.8) is 0 Å². The van der Waals surface area contributed by atoms with Crippen LogP contribution in [-0.4, -0.2) is 57.0 Å². The van der Waals surface area contributed by atoms with E-state index in [-0.39, 0.29) is 5.54 Å². The average Bonchev–Trinajstić information content (AvgIpc) is 2.09. The lowest BCUT2D eigenvalue weighted by Gasteiger charge is -2.34. The van der Waals surface area contributed by atoms with Crippen LogP contribution in [0.2, 0.25) is 0 Å². The van der Waals surface area contributed by atoms with Gasteiger partial charge in [-0.2, -0.15) is 0 Å². The lowest BCUT2D eigenvalue weighted by Crippen LogP contribution is -2.51. The van der Waals surface area contributed by atoms with Crippen LogP contribution < -0.4 is 5.32 Å². The highest BCUT2D eigenvalue weighted by molar-refractivity contribution is 7.91. The normalized spacial score (nSPS) is 23.6. The second-order valence-corrected chi connectivity index (χ2v) is 6.87. The molecule has 0 spiro atoms. The van der Waals surface area contributed by atoms with E-state index in [0.29, 0.717) is 24.6 Å². The fraction of sp³-hybridized carbons (Fsp3) is 1.00. The van der Waals surface area contributed by atoms with Gasteiger partial charge in [0.05, 0.1) is 11.5 Å². The Labute approximate surface area is 86.6 Å². The zero-order valence-corrected chi connectivity index (χ0v) is 10.0. The third kappa shape index (κ3) is 3.55. The number of hydrogen-bond acceptors (Lipinski definition) is 4. The number of hydrogen-bond donors (Lipinski definition) is 1.